The quantitative estimate of drug-likeness (QED) is 0.136. The highest BCUT2D eigenvalue weighted by Gasteiger charge is 2.31. The SMILES string of the molecule is O=C(O)c1oc(C(=O)c2c[nH]c3c(CCCCCO)cccc23)c(O)c1-c1ccc(C2CCCCC2)cc1. The van der Waals surface area contributed by atoms with E-state index < -0.39 is 23.3 Å². The maximum absolute atomic E-state index is 13.5. The molecule has 198 valence electrons. The number of hydrogen-bond donors (Lipinski definition) is 4. The number of aliphatic hydroxyl groups is 1. The molecule has 5 rings (SSSR count). The maximum atomic E-state index is 13.5. The summed E-state index contributed by atoms with van der Waals surface area (Å²) in [7, 11) is 0. The van der Waals surface area contributed by atoms with E-state index in [4.69, 9.17) is 9.52 Å². The van der Waals surface area contributed by atoms with Crippen LogP contribution in [0.5, 0.6) is 5.75 Å². The number of H-pyrrole nitrogens is 1. The number of aromatic hydroxyl groups is 1. The van der Waals surface area contributed by atoms with E-state index in [2.05, 4.69) is 4.98 Å². The van der Waals surface area contributed by atoms with Gasteiger partial charge in [0.05, 0.1) is 11.1 Å². The van der Waals surface area contributed by atoms with Gasteiger partial charge in [0, 0.05) is 23.7 Å². The van der Waals surface area contributed by atoms with Crippen molar-refractivity contribution in [3.63, 3.8) is 0 Å². The average Bonchev–Trinajstić information content (AvgIpc) is 3.53. The van der Waals surface area contributed by atoms with Gasteiger partial charge in [-0.05, 0) is 54.7 Å². The minimum atomic E-state index is -1.35. The molecule has 2 aromatic carbocycles. The zero-order chi connectivity index (χ0) is 26.6. The normalized spacial score (nSPS) is 14.2. The van der Waals surface area contributed by atoms with Gasteiger partial charge in [0.1, 0.15) is 0 Å². The number of carboxylic acid groups (broad SMARTS) is 1. The van der Waals surface area contributed by atoms with Gasteiger partial charge < -0.3 is 24.7 Å². The fraction of sp³-hybridized carbons (Fsp3) is 0.355. The molecule has 7 nitrogen and oxygen atoms in total. The number of nitrogens with one attached hydrogen (secondary N) is 1. The number of carbonyl (C=O) groups excluding carboxylic acids is 1. The van der Waals surface area contributed by atoms with E-state index in [0.717, 1.165) is 49.6 Å². The first-order chi connectivity index (χ1) is 18.5. The van der Waals surface area contributed by atoms with Crippen LogP contribution in [-0.4, -0.2) is 38.7 Å². The van der Waals surface area contributed by atoms with Gasteiger partial charge in [-0.15, -0.1) is 0 Å². The van der Waals surface area contributed by atoms with Crippen LogP contribution in [-0.2, 0) is 6.42 Å². The molecule has 2 heterocycles. The summed E-state index contributed by atoms with van der Waals surface area (Å²) in [5.41, 5.74) is 3.88. The Kier molecular flexibility index (Phi) is 7.65. The Morgan fingerprint density at radius 3 is 2.42 bits per heavy atom. The van der Waals surface area contributed by atoms with E-state index in [-0.39, 0.29) is 17.9 Å². The van der Waals surface area contributed by atoms with Gasteiger partial charge in [-0.3, -0.25) is 4.79 Å². The minimum Gasteiger partial charge on any atom is -0.504 e. The van der Waals surface area contributed by atoms with Crippen LogP contribution in [0.15, 0.2) is 53.1 Å². The number of aliphatic hydroxyl groups excluding tert-OH is 1. The summed E-state index contributed by atoms with van der Waals surface area (Å²) in [4.78, 5) is 28.8. The van der Waals surface area contributed by atoms with Crippen molar-refractivity contribution < 1.29 is 29.3 Å². The number of aryl methyl sites for hydroxylation is 1. The maximum Gasteiger partial charge on any atom is 0.372 e. The van der Waals surface area contributed by atoms with Crippen molar-refractivity contribution in [2.24, 2.45) is 0 Å². The van der Waals surface area contributed by atoms with E-state index in [9.17, 15) is 19.8 Å². The molecule has 0 spiro atoms. The van der Waals surface area contributed by atoms with E-state index in [1.165, 1.54) is 24.8 Å². The first-order valence-corrected chi connectivity index (χ1v) is 13.4. The van der Waals surface area contributed by atoms with Gasteiger partial charge in [-0.25, -0.2) is 4.79 Å². The second kappa shape index (κ2) is 11.3. The lowest BCUT2D eigenvalue weighted by molar-refractivity contribution is 0.0661. The fourth-order valence-electron chi connectivity index (χ4n) is 5.69. The van der Waals surface area contributed by atoms with Crippen molar-refractivity contribution in [3.8, 4) is 16.9 Å². The Balaban J connectivity index is 1.47. The van der Waals surface area contributed by atoms with Crippen LogP contribution in [0.3, 0.4) is 0 Å². The molecule has 0 atom stereocenters. The molecular weight excluding hydrogens is 482 g/mol. The zero-order valence-electron chi connectivity index (χ0n) is 21.3. The van der Waals surface area contributed by atoms with Crippen molar-refractivity contribution in [1.82, 2.24) is 4.98 Å². The summed E-state index contributed by atoms with van der Waals surface area (Å²) in [5.74, 6) is -2.75. The molecule has 0 unspecified atom stereocenters. The lowest BCUT2D eigenvalue weighted by Gasteiger charge is -2.22. The summed E-state index contributed by atoms with van der Waals surface area (Å²) in [5, 5.41) is 30.6. The van der Waals surface area contributed by atoms with Crippen LogP contribution in [0.1, 0.15) is 95.1 Å². The fourth-order valence-corrected chi connectivity index (χ4v) is 5.69. The first kappa shape index (κ1) is 25.8. The third-order valence-electron chi connectivity index (χ3n) is 7.71. The molecule has 0 bridgehead atoms. The number of aromatic amines is 1. The molecule has 1 fully saturated rings. The van der Waals surface area contributed by atoms with Gasteiger partial charge >= 0.3 is 5.97 Å². The van der Waals surface area contributed by atoms with Gasteiger partial charge in [0.25, 0.3) is 0 Å². The third-order valence-corrected chi connectivity index (χ3v) is 7.71. The van der Waals surface area contributed by atoms with E-state index >= 15 is 0 Å². The molecule has 0 saturated heterocycles. The number of unbranched alkanes of at least 4 members (excludes halogenated alkanes) is 2. The Labute approximate surface area is 221 Å². The smallest absolute Gasteiger partial charge is 0.372 e. The van der Waals surface area contributed by atoms with E-state index in [1.807, 2.05) is 30.3 Å². The zero-order valence-corrected chi connectivity index (χ0v) is 21.3. The first-order valence-electron chi connectivity index (χ1n) is 13.4. The van der Waals surface area contributed by atoms with Gasteiger partial charge in [0.15, 0.2) is 5.75 Å². The molecule has 2 aromatic heterocycles. The Bertz CT molecular complexity index is 1440. The van der Waals surface area contributed by atoms with Crippen LogP contribution in [0.4, 0.5) is 0 Å². The highest BCUT2D eigenvalue weighted by Crippen LogP contribution is 2.41. The molecule has 0 radical (unpaired) electrons. The van der Waals surface area contributed by atoms with Crippen molar-refractivity contribution in [2.75, 3.05) is 6.61 Å². The molecule has 1 aliphatic rings. The number of benzene rings is 2. The number of carbonyl (C=O) groups is 2. The molecule has 4 aromatic rings. The number of para-hydroxylation sites is 1. The van der Waals surface area contributed by atoms with Crippen molar-refractivity contribution >= 4 is 22.7 Å². The number of rotatable bonds is 10. The van der Waals surface area contributed by atoms with Crippen molar-refractivity contribution in [2.45, 2.75) is 63.7 Å². The Morgan fingerprint density at radius 2 is 1.71 bits per heavy atom. The topological polar surface area (TPSA) is 124 Å². The Morgan fingerprint density at radius 1 is 0.947 bits per heavy atom. The van der Waals surface area contributed by atoms with E-state index in [0.29, 0.717) is 22.4 Å². The number of furan rings is 1. The van der Waals surface area contributed by atoms with Gasteiger partial charge in [0.2, 0.25) is 17.3 Å². The standard InChI is InChI=1S/C31H33NO6/c33-17-6-2-5-10-22-11-7-12-23-24(18-32-26(22)23)27(34)30-28(35)25(29(38-30)31(36)37)21-15-13-20(14-16-21)19-8-3-1-4-9-19/h7,11-16,18-19,32-33,35H,1-6,8-10,17H2,(H,36,37). The average molecular weight is 516 g/mol. The number of aromatic carboxylic acids is 1. The second-order valence-corrected chi connectivity index (χ2v) is 10.2. The molecule has 38 heavy (non-hydrogen) atoms. The monoisotopic (exact) mass is 515 g/mol. The van der Waals surface area contributed by atoms with Crippen LogP contribution in [0, 0.1) is 0 Å². The third kappa shape index (κ3) is 4.98. The summed E-state index contributed by atoms with van der Waals surface area (Å²) in [6, 6.07) is 13.2. The molecule has 4 N–H and O–H groups in total. The summed E-state index contributed by atoms with van der Waals surface area (Å²) >= 11 is 0. The summed E-state index contributed by atoms with van der Waals surface area (Å²) in [6.07, 6.45) is 10.9. The van der Waals surface area contributed by atoms with Gasteiger partial charge in [-0.1, -0.05) is 68.1 Å². The number of ketones is 1. The van der Waals surface area contributed by atoms with Crippen LogP contribution >= 0.6 is 0 Å². The largest absolute Gasteiger partial charge is 0.504 e. The molecule has 1 saturated carbocycles. The summed E-state index contributed by atoms with van der Waals surface area (Å²) < 4.78 is 5.53. The lowest BCUT2D eigenvalue weighted by Crippen LogP contribution is -2.04. The molecule has 7 heteroatoms. The number of aromatic nitrogens is 1. The lowest BCUT2D eigenvalue weighted by atomic mass is 9.83. The number of carboxylic acids is 1. The summed E-state index contributed by atoms with van der Waals surface area (Å²) in [6.45, 7) is 0.170. The van der Waals surface area contributed by atoms with Crippen LogP contribution < -0.4 is 0 Å². The number of fused-ring (bicyclic) bond motifs is 1. The molecule has 0 aliphatic heterocycles. The molecule has 0 amide bonds. The Hall–Kier alpha value is -3.84. The van der Waals surface area contributed by atoms with Crippen molar-refractivity contribution in [3.05, 3.63) is 76.9 Å². The van der Waals surface area contributed by atoms with E-state index in [1.54, 1.807) is 18.3 Å². The molecular formula is C31H33NO6. The van der Waals surface area contributed by atoms with Crippen LogP contribution in [0.2, 0.25) is 0 Å². The van der Waals surface area contributed by atoms with Crippen molar-refractivity contribution in [1.29, 1.82) is 0 Å². The van der Waals surface area contributed by atoms with Gasteiger partial charge in [-0.2, -0.15) is 0 Å². The molecule has 1 aliphatic carbocycles. The highest BCUT2D eigenvalue weighted by molar-refractivity contribution is 6.18. The highest BCUT2D eigenvalue weighted by atomic mass is 16.4. The predicted molar refractivity (Wildman–Crippen MR) is 145 cm³/mol. The second-order valence-electron chi connectivity index (χ2n) is 10.2. The minimum absolute atomic E-state index is 0.0143. The predicted octanol–water partition coefficient (Wildman–Crippen LogP) is 6.82. The van der Waals surface area contributed by atoms with Crippen LogP contribution in [0.25, 0.3) is 22.0 Å². The number of hydrogen-bond acceptors (Lipinski definition) is 5.